The van der Waals surface area contributed by atoms with Crippen molar-refractivity contribution in [3.63, 3.8) is 0 Å². The van der Waals surface area contributed by atoms with E-state index >= 15 is 0 Å². The van der Waals surface area contributed by atoms with Crippen LogP contribution in [0, 0.1) is 19.8 Å². The molecule has 2 saturated heterocycles. The molecular formula is C16H26N4O2. The average molecular weight is 306 g/mol. The lowest BCUT2D eigenvalue weighted by Crippen LogP contribution is -2.51. The number of carbonyl (C=O) groups excluding carboxylic acids is 1. The summed E-state index contributed by atoms with van der Waals surface area (Å²) in [4.78, 5) is 17.0. The SMILES string of the molecule is Cc1noc(C)c1CN1CCN(C(=O)[C@@H]2CCCNC2)CC1. The molecule has 3 heterocycles. The molecule has 1 aromatic heterocycles. The zero-order valence-corrected chi connectivity index (χ0v) is 13.6. The Morgan fingerprint density at radius 3 is 2.68 bits per heavy atom. The van der Waals surface area contributed by atoms with E-state index in [9.17, 15) is 4.79 Å². The summed E-state index contributed by atoms with van der Waals surface area (Å²) in [6.07, 6.45) is 2.15. The van der Waals surface area contributed by atoms with E-state index in [4.69, 9.17) is 4.52 Å². The Bertz CT molecular complexity index is 495. The van der Waals surface area contributed by atoms with Crippen molar-refractivity contribution in [3.8, 4) is 0 Å². The van der Waals surface area contributed by atoms with Gasteiger partial charge in [-0.25, -0.2) is 0 Å². The van der Waals surface area contributed by atoms with E-state index in [1.54, 1.807) is 0 Å². The molecule has 6 nitrogen and oxygen atoms in total. The molecule has 22 heavy (non-hydrogen) atoms. The number of piperazine rings is 1. The van der Waals surface area contributed by atoms with Crippen LogP contribution in [0.25, 0.3) is 0 Å². The number of hydrogen-bond donors (Lipinski definition) is 1. The van der Waals surface area contributed by atoms with Gasteiger partial charge >= 0.3 is 0 Å². The maximum atomic E-state index is 12.5. The van der Waals surface area contributed by atoms with Gasteiger partial charge in [0.2, 0.25) is 5.91 Å². The highest BCUT2D eigenvalue weighted by molar-refractivity contribution is 5.79. The lowest BCUT2D eigenvalue weighted by Gasteiger charge is -2.37. The minimum absolute atomic E-state index is 0.183. The number of nitrogens with one attached hydrogen (secondary N) is 1. The van der Waals surface area contributed by atoms with E-state index in [0.717, 1.165) is 70.1 Å². The molecule has 1 N–H and O–H groups in total. The molecule has 0 bridgehead atoms. The zero-order chi connectivity index (χ0) is 15.5. The van der Waals surface area contributed by atoms with E-state index in [0.29, 0.717) is 5.91 Å². The van der Waals surface area contributed by atoms with E-state index < -0.39 is 0 Å². The molecule has 0 unspecified atom stereocenters. The molecule has 1 aromatic rings. The Kier molecular flexibility index (Phi) is 4.78. The fourth-order valence-electron chi connectivity index (χ4n) is 3.40. The number of aryl methyl sites for hydroxylation is 2. The summed E-state index contributed by atoms with van der Waals surface area (Å²) < 4.78 is 5.23. The summed E-state index contributed by atoms with van der Waals surface area (Å²) in [6, 6.07) is 0. The second kappa shape index (κ2) is 6.79. The van der Waals surface area contributed by atoms with Crippen molar-refractivity contribution in [2.75, 3.05) is 39.3 Å². The molecule has 0 aromatic carbocycles. The van der Waals surface area contributed by atoms with Crippen LogP contribution in [0.5, 0.6) is 0 Å². The van der Waals surface area contributed by atoms with Gasteiger partial charge in [-0.15, -0.1) is 0 Å². The summed E-state index contributed by atoms with van der Waals surface area (Å²) in [5, 5.41) is 7.34. The van der Waals surface area contributed by atoms with Crippen LogP contribution in [0.1, 0.15) is 29.9 Å². The van der Waals surface area contributed by atoms with Gasteiger partial charge in [0.1, 0.15) is 5.76 Å². The van der Waals surface area contributed by atoms with Gasteiger partial charge in [0.25, 0.3) is 0 Å². The van der Waals surface area contributed by atoms with Crippen molar-refractivity contribution in [3.05, 3.63) is 17.0 Å². The van der Waals surface area contributed by atoms with E-state index in [1.165, 1.54) is 5.56 Å². The van der Waals surface area contributed by atoms with Gasteiger partial charge in [-0.2, -0.15) is 0 Å². The molecule has 0 radical (unpaired) electrons. The Balaban J connectivity index is 1.51. The van der Waals surface area contributed by atoms with E-state index in [2.05, 4.69) is 15.4 Å². The molecule has 2 aliphatic heterocycles. The molecule has 0 saturated carbocycles. The summed E-state index contributed by atoms with van der Waals surface area (Å²) in [7, 11) is 0. The average Bonchev–Trinajstić information content (AvgIpc) is 2.88. The molecular weight excluding hydrogens is 280 g/mol. The lowest BCUT2D eigenvalue weighted by atomic mass is 9.98. The Hall–Kier alpha value is -1.40. The second-order valence-corrected chi connectivity index (χ2v) is 6.45. The lowest BCUT2D eigenvalue weighted by molar-refractivity contribution is -0.137. The standard InChI is InChI=1S/C16H26N4O2/c1-12-15(13(2)22-18-12)11-19-6-8-20(9-7-19)16(21)14-4-3-5-17-10-14/h14,17H,3-11H2,1-2H3/t14-/m1/s1. The van der Waals surface area contributed by atoms with Gasteiger partial charge in [-0.05, 0) is 33.2 Å². The predicted molar refractivity (Wildman–Crippen MR) is 83.4 cm³/mol. The van der Waals surface area contributed by atoms with Gasteiger partial charge < -0.3 is 14.7 Å². The third-order valence-electron chi connectivity index (χ3n) is 4.89. The minimum atomic E-state index is 0.183. The summed E-state index contributed by atoms with van der Waals surface area (Å²) in [6.45, 7) is 10.2. The first-order valence-electron chi connectivity index (χ1n) is 8.29. The number of rotatable bonds is 3. The van der Waals surface area contributed by atoms with Gasteiger partial charge in [-0.1, -0.05) is 5.16 Å². The molecule has 2 fully saturated rings. The van der Waals surface area contributed by atoms with Gasteiger partial charge in [0.05, 0.1) is 11.6 Å². The Morgan fingerprint density at radius 2 is 2.09 bits per heavy atom. The zero-order valence-electron chi connectivity index (χ0n) is 13.6. The third kappa shape index (κ3) is 3.33. The number of hydrogen-bond acceptors (Lipinski definition) is 5. The van der Waals surface area contributed by atoms with Crippen LogP contribution in [0.15, 0.2) is 4.52 Å². The topological polar surface area (TPSA) is 61.6 Å². The van der Waals surface area contributed by atoms with Crippen molar-refractivity contribution in [1.29, 1.82) is 0 Å². The van der Waals surface area contributed by atoms with Crippen LogP contribution in [-0.4, -0.2) is 60.1 Å². The van der Waals surface area contributed by atoms with Crippen LogP contribution < -0.4 is 5.32 Å². The molecule has 3 rings (SSSR count). The van der Waals surface area contributed by atoms with Crippen molar-refractivity contribution < 1.29 is 9.32 Å². The maximum absolute atomic E-state index is 12.5. The van der Waals surface area contributed by atoms with Gasteiger partial charge in [0, 0.05) is 44.8 Å². The maximum Gasteiger partial charge on any atom is 0.227 e. The Labute approximate surface area is 131 Å². The highest BCUT2D eigenvalue weighted by atomic mass is 16.5. The number of carbonyl (C=O) groups is 1. The summed E-state index contributed by atoms with van der Waals surface area (Å²) in [5.74, 6) is 1.43. The first-order valence-corrected chi connectivity index (χ1v) is 8.29. The fourth-order valence-corrected chi connectivity index (χ4v) is 3.40. The van der Waals surface area contributed by atoms with Gasteiger partial charge in [0.15, 0.2) is 0 Å². The Morgan fingerprint density at radius 1 is 1.32 bits per heavy atom. The fraction of sp³-hybridized carbons (Fsp3) is 0.750. The molecule has 6 heteroatoms. The minimum Gasteiger partial charge on any atom is -0.361 e. The van der Waals surface area contributed by atoms with Crippen molar-refractivity contribution in [2.45, 2.75) is 33.2 Å². The van der Waals surface area contributed by atoms with Crippen molar-refractivity contribution in [2.24, 2.45) is 5.92 Å². The summed E-state index contributed by atoms with van der Waals surface area (Å²) in [5.41, 5.74) is 2.17. The monoisotopic (exact) mass is 306 g/mol. The first kappa shape index (κ1) is 15.5. The van der Waals surface area contributed by atoms with Crippen molar-refractivity contribution >= 4 is 5.91 Å². The highest BCUT2D eigenvalue weighted by Gasteiger charge is 2.28. The molecule has 1 amide bonds. The third-order valence-corrected chi connectivity index (χ3v) is 4.89. The van der Waals surface area contributed by atoms with Crippen LogP contribution >= 0.6 is 0 Å². The van der Waals surface area contributed by atoms with E-state index in [-0.39, 0.29) is 5.92 Å². The largest absolute Gasteiger partial charge is 0.361 e. The van der Waals surface area contributed by atoms with Crippen LogP contribution in [-0.2, 0) is 11.3 Å². The number of nitrogens with zero attached hydrogens (tertiary/aromatic N) is 3. The van der Waals surface area contributed by atoms with E-state index in [1.807, 2.05) is 18.7 Å². The molecule has 2 aliphatic rings. The smallest absolute Gasteiger partial charge is 0.227 e. The van der Waals surface area contributed by atoms with Crippen molar-refractivity contribution in [1.82, 2.24) is 20.3 Å². The number of aromatic nitrogens is 1. The second-order valence-electron chi connectivity index (χ2n) is 6.45. The normalized spacial score (nSPS) is 23.7. The molecule has 122 valence electrons. The first-order chi connectivity index (χ1) is 10.6. The summed E-state index contributed by atoms with van der Waals surface area (Å²) >= 11 is 0. The van der Waals surface area contributed by atoms with Crippen LogP contribution in [0.3, 0.4) is 0 Å². The number of amides is 1. The highest BCUT2D eigenvalue weighted by Crippen LogP contribution is 2.18. The van der Waals surface area contributed by atoms with Crippen LogP contribution in [0.4, 0.5) is 0 Å². The van der Waals surface area contributed by atoms with Crippen LogP contribution in [0.2, 0.25) is 0 Å². The van der Waals surface area contributed by atoms with Gasteiger partial charge in [-0.3, -0.25) is 9.69 Å². The predicted octanol–water partition coefficient (Wildman–Crippen LogP) is 0.935. The molecule has 0 aliphatic carbocycles. The molecule has 0 spiro atoms. The number of piperidine rings is 1. The molecule has 1 atom stereocenters. The quantitative estimate of drug-likeness (QED) is 0.900.